The summed E-state index contributed by atoms with van der Waals surface area (Å²) in [5.41, 5.74) is 1.96. The van der Waals surface area contributed by atoms with Gasteiger partial charge < -0.3 is 24.8 Å². The van der Waals surface area contributed by atoms with Crippen molar-refractivity contribution in [1.29, 1.82) is 0 Å². The van der Waals surface area contributed by atoms with E-state index in [0.29, 0.717) is 32.1 Å². The number of imide groups is 1. The molecule has 2 aliphatic rings. The average Bonchev–Trinajstić information content (AvgIpc) is 2.96. The van der Waals surface area contributed by atoms with Gasteiger partial charge in [-0.25, -0.2) is 4.79 Å². The fourth-order valence-electron chi connectivity index (χ4n) is 3.32. The number of hydrogen-bond donors (Lipinski definition) is 2. The monoisotopic (exact) mass is 405 g/mol. The van der Waals surface area contributed by atoms with E-state index in [9.17, 15) is 19.5 Å². The van der Waals surface area contributed by atoms with E-state index in [0.717, 1.165) is 16.0 Å². The molecule has 1 aromatic rings. The molecule has 29 heavy (non-hydrogen) atoms. The van der Waals surface area contributed by atoms with Crippen molar-refractivity contribution in [1.82, 2.24) is 15.1 Å². The number of aliphatic hydroxyl groups excluding tert-OH is 1. The van der Waals surface area contributed by atoms with Crippen molar-refractivity contribution in [2.75, 3.05) is 39.5 Å². The van der Waals surface area contributed by atoms with Gasteiger partial charge in [-0.3, -0.25) is 14.5 Å². The van der Waals surface area contributed by atoms with Crippen LogP contribution in [0.4, 0.5) is 4.79 Å². The van der Waals surface area contributed by atoms with Gasteiger partial charge in [-0.05, 0) is 31.0 Å². The van der Waals surface area contributed by atoms with E-state index in [-0.39, 0.29) is 25.5 Å². The fourth-order valence-corrected chi connectivity index (χ4v) is 3.32. The maximum atomic E-state index is 12.5. The van der Waals surface area contributed by atoms with Crippen LogP contribution in [0, 0.1) is 13.8 Å². The number of nitrogens with one attached hydrogen (secondary N) is 1. The van der Waals surface area contributed by atoms with Crippen LogP contribution in [0.3, 0.4) is 0 Å². The number of ether oxygens (including phenoxy) is 2. The number of carbonyl (C=O) groups is 3. The van der Waals surface area contributed by atoms with Gasteiger partial charge in [0.05, 0.1) is 26.2 Å². The Hall–Kier alpha value is -2.65. The van der Waals surface area contributed by atoms with Gasteiger partial charge in [0.15, 0.2) is 0 Å². The van der Waals surface area contributed by atoms with Gasteiger partial charge in [0.25, 0.3) is 5.91 Å². The number of morpholine rings is 1. The first-order valence-corrected chi connectivity index (χ1v) is 9.70. The van der Waals surface area contributed by atoms with Gasteiger partial charge in [0.2, 0.25) is 5.91 Å². The summed E-state index contributed by atoms with van der Waals surface area (Å²) < 4.78 is 10.8. The number of carbonyl (C=O) groups excluding carboxylic acids is 3. The largest absolute Gasteiger partial charge is 0.491 e. The van der Waals surface area contributed by atoms with E-state index >= 15 is 0 Å². The molecule has 0 bridgehead atoms. The third-order valence-electron chi connectivity index (χ3n) is 5.02. The van der Waals surface area contributed by atoms with Crippen molar-refractivity contribution in [3.63, 3.8) is 0 Å². The zero-order chi connectivity index (χ0) is 21.0. The van der Waals surface area contributed by atoms with Gasteiger partial charge in [-0.2, -0.15) is 0 Å². The Morgan fingerprint density at radius 1 is 1.31 bits per heavy atom. The molecule has 1 aromatic carbocycles. The average molecular weight is 405 g/mol. The van der Waals surface area contributed by atoms with Crippen LogP contribution in [0.5, 0.6) is 5.75 Å². The van der Waals surface area contributed by atoms with Gasteiger partial charge in [0, 0.05) is 13.1 Å². The maximum Gasteiger partial charge on any atom is 0.324 e. The number of nitrogens with zero attached hydrogens (tertiary/aromatic N) is 2. The smallest absolute Gasteiger partial charge is 0.324 e. The first-order chi connectivity index (χ1) is 13.8. The highest BCUT2D eigenvalue weighted by molar-refractivity contribution is 6.05. The SMILES string of the molecule is Cc1ccc(C)c(OCC(O)CN2C(=O)NC(CC(=O)N3CCOCC3)C2=O)c1. The predicted octanol–water partition coefficient (Wildman–Crippen LogP) is 0.212. The molecule has 158 valence electrons. The summed E-state index contributed by atoms with van der Waals surface area (Å²) in [4.78, 5) is 39.6. The molecule has 0 aromatic heterocycles. The lowest BCUT2D eigenvalue weighted by atomic mass is 10.1. The quantitative estimate of drug-likeness (QED) is 0.628. The molecule has 2 atom stereocenters. The molecule has 0 aliphatic carbocycles. The molecule has 0 spiro atoms. The molecule has 2 unspecified atom stereocenters. The lowest BCUT2D eigenvalue weighted by molar-refractivity contribution is -0.138. The van der Waals surface area contributed by atoms with Gasteiger partial charge >= 0.3 is 6.03 Å². The number of rotatable bonds is 7. The first-order valence-electron chi connectivity index (χ1n) is 9.70. The van der Waals surface area contributed by atoms with Crippen molar-refractivity contribution >= 4 is 17.8 Å². The molecule has 2 saturated heterocycles. The Morgan fingerprint density at radius 2 is 2.03 bits per heavy atom. The zero-order valence-corrected chi connectivity index (χ0v) is 16.7. The second-order valence-corrected chi connectivity index (χ2v) is 7.38. The molecular weight excluding hydrogens is 378 g/mol. The minimum Gasteiger partial charge on any atom is -0.491 e. The number of benzene rings is 1. The van der Waals surface area contributed by atoms with Crippen molar-refractivity contribution in [3.8, 4) is 5.75 Å². The van der Waals surface area contributed by atoms with Crippen molar-refractivity contribution in [3.05, 3.63) is 29.3 Å². The molecule has 0 saturated carbocycles. The van der Waals surface area contributed by atoms with E-state index in [1.165, 1.54) is 0 Å². The Labute approximate surface area is 169 Å². The van der Waals surface area contributed by atoms with Crippen molar-refractivity contribution in [2.24, 2.45) is 0 Å². The number of aryl methyl sites for hydroxylation is 2. The molecule has 2 fully saturated rings. The molecule has 2 N–H and O–H groups in total. The van der Waals surface area contributed by atoms with Gasteiger partial charge in [0.1, 0.15) is 24.5 Å². The van der Waals surface area contributed by atoms with E-state index in [2.05, 4.69) is 5.32 Å². The number of β-amino-alcohol motifs (C(OH)–C–C–N with tert-alkyl or cyclic N) is 1. The molecule has 9 heteroatoms. The third-order valence-corrected chi connectivity index (χ3v) is 5.02. The van der Waals surface area contributed by atoms with E-state index in [4.69, 9.17) is 9.47 Å². The summed E-state index contributed by atoms with van der Waals surface area (Å²) in [6.45, 7) is 5.47. The summed E-state index contributed by atoms with van der Waals surface area (Å²) in [6, 6.07) is 4.23. The van der Waals surface area contributed by atoms with E-state index in [1.807, 2.05) is 32.0 Å². The Morgan fingerprint density at radius 3 is 2.76 bits per heavy atom. The fraction of sp³-hybridized carbons (Fsp3) is 0.550. The second kappa shape index (κ2) is 9.23. The minimum absolute atomic E-state index is 0.0568. The van der Waals surface area contributed by atoms with E-state index < -0.39 is 24.1 Å². The van der Waals surface area contributed by atoms with Crippen molar-refractivity contribution < 1.29 is 29.0 Å². The summed E-state index contributed by atoms with van der Waals surface area (Å²) in [5.74, 6) is -0.0646. The lowest BCUT2D eigenvalue weighted by Gasteiger charge is -2.27. The highest BCUT2D eigenvalue weighted by atomic mass is 16.5. The summed E-state index contributed by atoms with van der Waals surface area (Å²) in [5, 5.41) is 12.8. The number of urea groups is 1. The van der Waals surface area contributed by atoms with Crippen LogP contribution in [-0.4, -0.2) is 84.4 Å². The number of hydrogen-bond acceptors (Lipinski definition) is 6. The second-order valence-electron chi connectivity index (χ2n) is 7.38. The maximum absolute atomic E-state index is 12.5. The molecule has 9 nitrogen and oxygen atoms in total. The van der Waals surface area contributed by atoms with Crippen LogP contribution in [0.25, 0.3) is 0 Å². The van der Waals surface area contributed by atoms with Crippen LogP contribution in [0.15, 0.2) is 18.2 Å². The lowest BCUT2D eigenvalue weighted by Crippen LogP contribution is -2.44. The van der Waals surface area contributed by atoms with Crippen LogP contribution in [0.1, 0.15) is 17.5 Å². The van der Waals surface area contributed by atoms with Gasteiger partial charge in [-0.1, -0.05) is 12.1 Å². The van der Waals surface area contributed by atoms with E-state index in [1.54, 1.807) is 4.90 Å². The molecular formula is C20H27N3O6. The molecule has 2 heterocycles. The summed E-state index contributed by atoms with van der Waals surface area (Å²) >= 11 is 0. The molecule has 4 amide bonds. The van der Waals surface area contributed by atoms with Gasteiger partial charge in [-0.15, -0.1) is 0 Å². The molecule has 3 rings (SSSR count). The highest BCUT2D eigenvalue weighted by Gasteiger charge is 2.40. The standard InChI is InChI=1S/C20H27N3O6/c1-13-3-4-14(2)17(9-13)29-12-15(24)11-23-19(26)16(21-20(23)27)10-18(25)22-5-7-28-8-6-22/h3-4,9,15-16,24H,5-8,10-12H2,1-2H3,(H,21,27). The zero-order valence-electron chi connectivity index (χ0n) is 16.7. The van der Waals surface area contributed by atoms with Crippen LogP contribution < -0.4 is 10.1 Å². The summed E-state index contributed by atoms with van der Waals surface area (Å²) in [7, 11) is 0. The Balaban J connectivity index is 1.51. The molecule has 2 aliphatic heterocycles. The topological polar surface area (TPSA) is 108 Å². The third kappa shape index (κ3) is 5.24. The number of aliphatic hydroxyl groups is 1. The highest BCUT2D eigenvalue weighted by Crippen LogP contribution is 2.19. The van der Waals surface area contributed by atoms with Crippen LogP contribution in [-0.2, 0) is 14.3 Å². The first kappa shape index (κ1) is 21.1. The Kier molecular flexibility index (Phi) is 6.71. The van der Waals surface area contributed by atoms with Crippen LogP contribution >= 0.6 is 0 Å². The van der Waals surface area contributed by atoms with Crippen LogP contribution in [0.2, 0.25) is 0 Å². The molecule has 0 radical (unpaired) electrons. The normalized spacial score (nSPS) is 20.6. The van der Waals surface area contributed by atoms with Crippen molar-refractivity contribution in [2.45, 2.75) is 32.4 Å². The summed E-state index contributed by atoms with van der Waals surface area (Å²) in [6.07, 6.45) is -1.14. The minimum atomic E-state index is -1.04. The predicted molar refractivity (Wildman–Crippen MR) is 103 cm³/mol. The Bertz CT molecular complexity index is 777. The number of amides is 4.